The highest BCUT2D eigenvalue weighted by Gasteiger charge is 2.18. The van der Waals surface area contributed by atoms with Gasteiger partial charge in [-0.25, -0.2) is 9.97 Å². The third kappa shape index (κ3) is 3.49. The minimum absolute atomic E-state index is 0.0536. The molecule has 1 amide bonds. The van der Waals surface area contributed by atoms with Gasteiger partial charge in [0.2, 0.25) is 5.91 Å². The number of furan rings is 1. The van der Waals surface area contributed by atoms with Gasteiger partial charge in [0.05, 0.1) is 17.0 Å². The largest absolute Gasteiger partial charge is 0.461 e. The quantitative estimate of drug-likeness (QED) is 0.421. The van der Waals surface area contributed by atoms with Gasteiger partial charge in [-0.15, -0.1) is 6.58 Å². The maximum atomic E-state index is 12.1. The van der Waals surface area contributed by atoms with E-state index < -0.39 is 0 Å². The summed E-state index contributed by atoms with van der Waals surface area (Å²) in [4.78, 5) is 21.3. The first-order chi connectivity index (χ1) is 11.7. The number of aromatic nitrogens is 2. The molecule has 3 rings (SSSR count). The molecule has 0 spiro atoms. The van der Waals surface area contributed by atoms with Crippen molar-refractivity contribution in [3.8, 4) is 11.6 Å². The van der Waals surface area contributed by atoms with E-state index in [4.69, 9.17) is 4.42 Å². The molecule has 3 aromatic rings. The standard InChI is InChI=1S/C18H17N3O2S/c1-3-10-19-17(22)12(2)24-18-13-7-4-5-8-14(13)20-16(21-18)15-9-6-11-23-15/h3-9,11-12H,1,10H2,2H3,(H,19,22). The van der Waals surface area contributed by atoms with Gasteiger partial charge in [-0.05, 0) is 25.1 Å². The topological polar surface area (TPSA) is 68.0 Å². The summed E-state index contributed by atoms with van der Waals surface area (Å²) in [6, 6.07) is 11.4. The molecule has 1 N–H and O–H groups in total. The van der Waals surface area contributed by atoms with E-state index in [0.29, 0.717) is 18.1 Å². The van der Waals surface area contributed by atoms with Crippen molar-refractivity contribution in [2.24, 2.45) is 0 Å². The van der Waals surface area contributed by atoms with E-state index in [1.165, 1.54) is 11.8 Å². The molecule has 0 aliphatic heterocycles. The highest BCUT2D eigenvalue weighted by atomic mass is 32.2. The number of amides is 1. The minimum Gasteiger partial charge on any atom is -0.461 e. The molecule has 2 aromatic heterocycles. The summed E-state index contributed by atoms with van der Waals surface area (Å²) in [6.07, 6.45) is 3.25. The molecule has 0 bridgehead atoms. The zero-order chi connectivity index (χ0) is 16.9. The number of nitrogens with zero attached hydrogens (tertiary/aromatic N) is 2. The van der Waals surface area contributed by atoms with Crippen molar-refractivity contribution in [2.45, 2.75) is 17.2 Å². The predicted octanol–water partition coefficient (Wildman–Crippen LogP) is 3.67. The number of hydrogen-bond donors (Lipinski definition) is 1. The zero-order valence-corrected chi connectivity index (χ0v) is 14.0. The Balaban J connectivity index is 1.96. The number of para-hydroxylation sites is 1. The molecule has 0 aliphatic carbocycles. The summed E-state index contributed by atoms with van der Waals surface area (Å²) in [5.41, 5.74) is 0.820. The fourth-order valence-electron chi connectivity index (χ4n) is 2.19. The summed E-state index contributed by atoms with van der Waals surface area (Å²) in [6.45, 7) is 5.91. The van der Waals surface area contributed by atoms with Crippen molar-refractivity contribution >= 4 is 28.6 Å². The van der Waals surface area contributed by atoms with E-state index >= 15 is 0 Å². The predicted molar refractivity (Wildman–Crippen MR) is 95.8 cm³/mol. The van der Waals surface area contributed by atoms with Gasteiger partial charge in [0, 0.05) is 11.9 Å². The molecule has 1 unspecified atom stereocenters. The van der Waals surface area contributed by atoms with Crippen LogP contribution in [0.5, 0.6) is 0 Å². The summed E-state index contributed by atoms with van der Waals surface area (Å²) in [7, 11) is 0. The molecule has 0 aliphatic rings. The monoisotopic (exact) mass is 339 g/mol. The number of benzene rings is 1. The van der Waals surface area contributed by atoms with E-state index in [1.807, 2.05) is 37.3 Å². The first-order valence-corrected chi connectivity index (χ1v) is 8.43. The Kier molecular flexibility index (Phi) is 4.96. The SMILES string of the molecule is C=CCNC(=O)C(C)Sc1nc(-c2ccco2)nc2ccccc12. The van der Waals surface area contributed by atoms with Crippen LogP contribution in [-0.4, -0.2) is 27.7 Å². The molecule has 0 saturated carbocycles. The number of carbonyl (C=O) groups excluding carboxylic acids is 1. The number of fused-ring (bicyclic) bond motifs is 1. The van der Waals surface area contributed by atoms with Crippen LogP contribution in [0.3, 0.4) is 0 Å². The number of hydrogen-bond acceptors (Lipinski definition) is 5. The van der Waals surface area contributed by atoms with E-state index in [9.17, 15) is 4.79 Å². The van der Waals surface area contributed by atoms with E-state index in [-0.39, 0.29) is 11.2 Å². The van der Waals surface area contributed by atoms with Crippen LogP contribution >= 0.6 is 11.8 Å². The maximum Gasteiger partial charge on any atom is 0.233 e. The number of thioether (sulfide) groups is 1. The van der Waals surface area contributed by atoms with Crippen molar-refractivity contribution in [2.75, 3.05) is 6.54 Å². The molecule has 24 heavy (non-hydrogen) atoms. The number of rotatable bonds is 6. The van der Waals surface area contributed by atoms with Gasteiger partial charge in [-0.3, -0.25) is 4.79 Å². The second kappa shape index (κ2) is 7.31. The van der Waals surface area contributed by atoms with Crippen LogP contribution in [-0.2, 0) is 4.79 Å². The molecular weight excluding hydrogens is 322 g/mol. The van der Waals surface area contributed by atoms with E-state index in [0.717, 1.165) is 15.9 Å². The molecule has 5 nitrogen and oxygen atoms in total. The van der Waals surface area contributed by atoms with Crippen LogP contribution in [0, 0.1) is 0 Å². The van der Waals surface area contributed by atoms with Crippen molar-refractivity contribution < 1.29 is 9.21 Å². The van der Waals surface area contributed by atoms with Gasteiger partial charge >= 0.3 is 0 Å². The summed E-state index contributed by atoms with van der Waals surface area (Å²) in [5, 5.41) is 4.19. The molecule has 0 radical (unpaired) electrons. The molecule has 1 aromatic carbocycles. The lowest BCUT2D eigenvalue weighted by Crippen LogP contribution is -2.30. The second-order valence-electron chi connectivity index (χ2n) is 5.14. The van der Waals surface area contributed by atoms with Gasteiger partial charge < -0.3 is 9.73 Å². The van der Waals surface area contributed by atoms with Gasteiger partial charge in [0.15, 0.2) is 11.6 Å². The van der Waals surface area contributed by atoms with Crippen LogP contribution in [0.25, 0.3) is 22.5 Å². The Bertz CT molecular complexity index is 862. The first-order valence-electron chi connectivity index (χ1n) is 7.55. The smallest absolute Gasteiger partial charge is 0.233 e. The fraction of sp³-hybridized carbons (Fsp3) is 0.167. The van der Waals surface area contributed by atoms with Crippen molar-refractivity contribution in [1.29, 1.82) is 0 Å². The van der Waals surface area contributed by atoms with Crippen molar-refractivity contribution in [1.82, 2.24) is 15.3 Å². The van der Waals surface area contributed by atoms with Crippen molar-refractivity contribution in [3.05, 3.63) is 55.3 Å². The number of nitrogens with one attached hydrogen (secondary N) is 1. The van der Waals surface area contributed by atoms with Gasteiger partial charge in [-0.1, -0.05) is 36.0 Å². The van der Waals surface area contributed by atoms with Crippen LogP contribution in [0.2, 0.25) is 0 Å². The molecule has 122 valence electrons. The van der Waals surface area contributed by atoms with E-state index in [2.05, 4.69) is 21.9 Å². The summed E-state index contributed by atoms with van der Waals surface area (Å²) in [5.74, 6) is 1.06. The third-order valence-corrected chi connectivity index (χ3v) is 4.49. The molecular formula is C18H17N3O2S. The van der Waals surface area contributed by atoms with Crippen LogP contribution in [0.4, 0.5) is 0 Å². The normalized spacial score (nSPS) is 12.0. The Hall–Kier alpha value is -2.60. The lowest BCUT2D eigenvalue weighted by Gasteiger charge is -2.12. The number of carbonyl (C=O) groups is 1. The fourth-order valence-corrected chi connectivity index (χ4v) is 3.15. The van der Waals surface area contributed by atoms with Crippen LogP contribution < -0.4 is 5.32 Å². The Morgan fingerprint density at radius 2 is 2.17 bits per heavy atom. The zero-order valence-electron chi connectivity index (χ0n) is 13.2. The molecule has 1 atom stereocenters. The summed E-state index contributed by atoms with van der Waals surface area (Å²) < 4.78 is 5.40. The lowest BCUT2D eigenvalue weighted by atomic mass is 10.2. The highest BCUT2D eigenvalue weighted by Crippen LogP contribution is 2.31. The Labute approximate surface area is 144 Å². The molecule has 0 saturated heterocycles. The van der Waals surface area contributed by atoms with Gasteiger partial charge in [0.25, 0.3) is 0 Å². The minimum atomic E-state index is -0.285. The lowest BCUT2D eigenvalue weighted by molar-refractivity contribution is -0.120. The van der Waals surface area contributed by atoms with Gasteiger partial charge in [0.1, 0.15) is 5.03 Å². The Morgan fingerprint density at radius 3 is 2.92 bits per heavy atom. The van der Waals surface area contributed by atoms with Crippen LogP contribution in [0.1, 0.15) is 6.92 Å². The van der Waals surface area contributed by atoms with Crippen LogP contribution in [0.15, 0.2) is 64.8 Å². The van der Waals surface area contributed by atoms with Gasteiger partial charge in [-0.2, -0.15) is 0 Å². The Morgan fingerprint density at radius 1 is 1.33 bits per heavy atom. The average molecular weight is 339 g/mol. The second-order valence-corrected chi connectivity index (χ2v) is 6.47. The summed E-state index contributed by atoms with van der Waals surface area (Å²) >= 11 is 1.40. The molecule has 2 heterocycles. The molecule has 0 fully saturated rings. The maximum absolute atomic E-state index is 12.1. The highest BCUT2D eigenvalue weighted by molar-refractivity contribution is 8.00. The third-order valence-electron chi connectivity index (χ3n) is 3.39. The average Bonchev–Trinajstić information content (AvgIpc) is 3.14. The molecule has 6 heteroatoms. The van der Waals surface area contributed by atoms with E-state index in [1.54, 1.807) is 18.4 Å². The van der Waals surface area contributed by atoms with Crippen molar-refractivity contribution in [3.63, 3.8) is 0 Å². The first kappa shape index (κ1) is 16.3.